The maximum Gasteiger partial charge on any atom is 0.0379 e. The highest BCUT2D eigenvalue weighted by atomic mass is 15.2. The predicted molar refractivity (Wildman–Crippen MR) is 61.9 cm³/mol. The van der Waals surface area contributed by atoms with Crippen LogP contribution in [0, 0.1) is 13.8 Å². The van der Waals surface area contributed by atoms with Gasteiger partial charge in [-0.15, -0.1) is 0 Å². The van der Waals surface area contributed by atoms with Gasteiger partial charge in [-0.1, -0.05) is 0 Å². The Hall–Kier alpha value is -0.930. The summed E-state index contributed by atoms with van der Waals surface area (Å²) >= 11 is 0. The van der Waals surface area contributed by atoms with Gasteiger partial charge in [0.05, 0.1) is 0 Å². The Balaban J connectivity index is 2.02. The molecule has 15 heavy (non-hydrogen) atoms. The first-order valence-electron chi connectivity index (χ1n) is 5.61. The van der Waals surface area contributed by atoms with Gasteiger partial charge in [0, 0.05) is 44.1 Å². The maximum atomic E-state index is 4.40. The van der Waals surface area contributed by atoms with E-state index in [4.69, 9.17) is 0 Å². The summed E-state index contributed by atoms with van der Waals surface area (Å²) in [5.74, 6) is 0. The molecule has 3 heteroatoms. The van der Waals surface area contributed by atoms with E-state index in [1.807, 2.05) is 0 Å². The van der Waals surface area contributed by atoms with Gasteiger partial charge < -0.3 is 5.32 Å². The minimum atomic E-state index is 1.06. The lowest BCUT2D eigenvalue weighted by atomic mass is 10.2. The summed E-state index contributed by atoms with van der Waals surface area (Å²) in [5, 5.41) is 3.37. The van der Waals surface area contributed by atoms with E-state index in [0.29, 0.717) is 0 Å². The minimum absolute atomic E-state index is 1.06. The molecular weight excluding hydrogens is 186 g/mol. The SMILES string of the molecule is Cc1cc(CN2CCNCC2)cc(C)n1. The van der Waals surface area contributed by atoms with E-state index < -0.39 is 0 Å². The van der Waals surface area contributed by atoms with Crippen molar-refractivity contribution in [2.75, 3.05) is 26.2 Å². The number of aromatic nitrogens is 1. The lowest BCUT2D eigenvalue weighted by Crippen LogP contribution is -2.42. The van der Waals surface area contributed by atoms with E-state index in [0.717, 1.165) is 44.1 Å². The van der Waals surface area contributed by atoms with Crippen molar-refractivity contribution in [2.45, 2.75) is 20.4 Å². The number of piperazine rings is 1. The molecule has 0 saturated carbocycles. The zero-order valence-electron chi connectivity index (χ0n) is 9.58. The predicted octanol–water partition coefficient (Wildman–Crippen LogP) is 1.10. The van der Waals surface area contributed by atoms with Crippen LogP contribution >= 0.6 is 0 Å². The van der Waals surface area contributed by atoms with Crippen molar-refractivity contribution < 1.29 is 0 Å². The Bertz CT molecular complexity index is 309. The highest BCUT2D eigenvalue weighted by Crippen LogP contribution is 2.08. The molecule has 0 unspecified atom stereocenters. The molecule has 1 aromatic rings. The highest BCUT2D eigenvalue weighted by molar-refractivity contribution is 5.20. The van der Waals surface area contributed by atoms with E-state index in [-0.39, 0.29) is 0 Å². The Morgan fingerprint density at radius 2 is 1.80 bits per heavy atom. The smallest absolute Gasteiger partial charge is 0.0379 e. The Morgan fingerprint density at radius 1 is 1.20 bits per heavy atom. The molecule has 1 aromatic heterocycles. The lowest BCUT2D eigenvalue weighted by Gasteiger charge is -2.27. The normalized spacial score (nSPS) is 18.0. The van der Waals surface area contributed by atoms with Crippen molar-refractivity contribution in [2.24, 2.45) is 0 Å². The first-order chi connectivity index (χ1) is 7.24. The summed E-state index contributed by atoms with van der Waals surface area (Å²) in [5.41, 5.74) is 3.64. The molecule has 1 N–H and O–H groups in total. The molecule has 0 atom stereocenters. The molecule has 3 nitrogen and oxygen atoms in total. The fourth-order valence-corrected chi connectivity index (χ4v) is 2.14. The largest absolute Gasteiger partial charge is 0.314 e. The molecule has 1 saturated heterocycles. The number of nitrogens with one attached hydrogen (secondary N) is 1. The summed E-state index contributed by atoms with van der Waals surface area (Å²) in [4.78, 5) is 6.89. The summed E-state index contributed by atoms with van der Waals surface area (Å²) in [6, 6.07) is 4.38. The molecule has 2 rings (SSSR count). The maximum absolute atomic E-state index is 4.40. The fourth-order valence-electron chi connectivity index (χ4n) is 2.14. The Kier molecular flexibility index (Phi) is 3.34. The summed E-state index contributed by atoms with van der Waals surface area (Å²) in [6.45, 7) is 9.72. The zero-order chi connectivity index (χ0) is 10.7. The molecule has 0 bridgehead atoms. The molecule has 1 fully saturated rings. The fraction of sp³-hybridized carbons (Fsp3) is 0.583. The van der Waals surface area contributed by atoms with Crippen molar-refractivity contribution in [1.29, 1.82) is 0 Å². The van der Waals surface area contributed by atoms with Gasteiger partial charge in [0.15, 0.2) is 0 Å². The average Bonchev–Trinajstić information content (AvgIpc) is 2.17. The van der Waals surface area contributed by atoms with Gasteiger partial charge in [-0.2, -0.15) is 0 Å². The second kappa shape index (κ2) is 4.73. The zero-order valence-corrected chi connectivity index (χ0v) is 9.58. The lowest BCUT2D eigenvalue weighted by molar-refractivity contribution is 0.233. The molecule has 0 aliphatic carbocycles. The van der Waals surface area contributed by atoms with Crippen molar-refractivity contribution in [3.63, 3.8) is 0 Å². The summed E-state index contributed by atoms with van der Waals surface area (Å²) in [6.07, 6.45) is 0. The van der Waals surface area contributed by atoms with Gasteiger partial charge in [-0.3, -0.25) is 9.88 Å². The van der Waals surface area contributed by atoms with Gasteiger partial charge in [0.25, 0.3) is 0 Å². The van der Waals surface area contributed by atoms with Crippen molar-refractivity contribution in [1.82, 2.24) is 15.2 Å². The van der Waals surface area contributed by atoms with E-state index in [1.165, 1.54) is 5.56 Å². The van der Waals surface area contributed by atoms with Gasteiger partial charge in [0.1, 0.15) is 0 Å². The van der Waals surface area contributed by atoms with Crippen molar-refractivity contribution >= 4 is 0 Å². The van der Waals surface area contributed by atoms with Crippen LogP contribution in [0.15, 0.2) is 12.1 Å². The van der Waals surface area contributed by atoms with Crippen LogP contribution in [0.4, 0.5) is 0 Å². The van der Waals surface area contributed by atoms with Crippen LogP contribution in [0.3, 0.4) is 0 Å². The van der Waals surface area contributed by atoms with Crippen molar-refractivity contribution in [3.05, 3.63) is 29.1 Å². The van der Waals surface area contributed by atoms with Crippen LogP contribution in [0.5, 0.6) is 0 Å². The monoisotopic (exact) mass is 205 g/mol. The van der Waals surface area contributed by atoms with Crippen LogP contribution in [0.1, 0.15) is 17.0 Å². The van der Waals surface area contributed by atoms with Crippen LogP contribution in [-0.2, 0) is 6.54 Å². The average molecular weight is 205 g/mol. The van der Waals surface area contributed by atoms with Crippen LogP contribution in [0.2, 0.25) is 0 Å². The van der Waals surface area contributed by atoms with Crippen LogP contribution < -0.4 is 5.32 Å². The standard InChI is InChI=1S/C12H19N3/c1-10-7-12(8-11(2)14-10)9-15-5-3-13-4-6-15/h7-8,13H,3-6,9H2,1-2H3. The molecule has 82 valence electrons. The molecule has 0 aromatic carbocycles. The molecule has 0 amide bonds. The van der Waals surface area contributed by atoms with Gasteiger partial charge in [-0.25, -0.2) is 0 Å². The third-order valence-electron chi connectivity index (χ3n) is 2.76. The van der Waals surface area contributed by atoms with Crippen LogP contribution in [-0.4, -0.2) is 36.1 Å². The van der Waals surface area contributed by atoms with E-state index in [2.05, 4.69) is 41.2 Å². The number of rotatable bonds is 2. The molecule has 0 spiro atoms. The molecular formula is C12H19N3. The topological polar surface area (TPSA) is 28.2 Å². The summed E-state index contributed by atoms with van der Waals surface area (Å²) < 4.78 is 0. The van der Waals surface area contributed by atoms with Gasteiger partial charge >= 0.3 is 0 Å². The van der Waals surface area contributed by atoms with E-state index in [1.54, 1.807) is 0 Å². The molecule has 0 radical (unpaired) electrons. The van der Waals surface area contributed by atoms with E-state index >= 15 is 0 Å². The summed E-state index contributed by atoms with van der Waals surface area (Å²) in [7, 11) is 0. The number of pyridine rings is 1. The number of hydrogen-bond acceptors (Lipinski definition) is 3. The molecule has 2 heterocycles. The highest BCUT2D eigenvalue weighted by Gasteiger charge is 2.10. The third kappa shape index (κ3) is 3.01. The quantitative estimate of drug-likeness (QED) is 0.784. The number of aryl methyl sites for hydroxylation is 2. The van der Waals surface area contributed by atoms with Gasteiger partial charge in [0.2, 0.25) is 0 Å². The Labute approximate surface area is 91.5 Å². The van der Waals surface area contributed by atoms with Crippen LogP contribution in [0.25, 0.3) is 0 Å². The van der Waals surface area contributed by atoms with E-state index in [9.17, 15) is 0 Å². The molecule has 1 aliphatic rings. The second-order valence-electron chi connectivity index (χ2n) is 4.28. The molecule has 1 aliphatic heterocycles. The number of nitrogens with zero attached hydrogens (tertiary/aromatic N) is 2. The van der Waals surface area contributed by atoms with Gasteiger partial charge in [-0.05, 0) is 31.5 Å². The first-order valence-corrected chi connectivity index (χ1v) is 5.61. The second-order valence-corrected chi connectivity index (χ2v) is 4.28. The van der Waals surface area contributed by atoms with Crippen molar-refractivity contribution in [3.8, 4) is 0 Å². The Morgan fingerprint density at radius 3 is 2.40 bits per heavy atom. The first kappa shape index (κ1) is 10.6. The minimum Gasteiger partial charge on any atom is -0.314 e. The third-order valence-corrected chi connectivity index (χ3v) is 2.76. The number of hydrogen-bond donors (Lipinski definition) is 1.